The third-order valence-electron chi connectivity index (χ3n) is 7.35. The van der Waals surface area contributed by atoms with Crippen molar-refractivity contribution >= 4 is 0 Å². The summed E-state index contributed by atoms with van der Waals surface area (Å²) in [6.45, 7) is 3.05. The number of rotatable bonds is 8. The Labute approximate surface area is 205 Å². The van der Waals surface area contributed by atoms with Crippen molar-refractivity contribution in [3.05, 3.63) is 88.7 Å². The van der Waals surface area contributed by atoms with Crippen molar-refractivity contribution in [2.24, 2.45) is 5.92 Å². The Morgan fingerprint density at radius 2 is 1.63 bits per heavy atom. The summed E-state index contributed by atoms with van der Waals surface area (Å²) < 4.78 is 54.9. The van der Waals surface area contributed by atoms with E-state index in [1.54, 1.807) is 12.1 Å². The van der Waals surface area contributed by atoms with Crippen molar-refractivity contribution in [1.82, 2.24) is 0 Å². The van der Waals surface area contributed by atoms with Gasteiger partial charge in [-0.2, -0.15) is 4.39 Å². The summed E-state index contributed by atoms with van der Waals surface area (Å²) in [4.78, 5) is 0. The smallest absolute Gasteiger partial charge is 0.201 e. The van der Waals surface area contributed by atoms with E-state index >= 15 is 0 Å². The molecule has 5 rings (SSSR count). The van der Waals surface area contributed by atoms with Gasteiger partial charge < -0.3 is 9.47 Å². The van der Waals surface area contributed by atoms with Gasteiger partial charge in [-0.05, 0) is 78.8 Å². The minimum atomic E-state index is -0.941. The lowest BCUT2D eigenvalue weighted by Crippen LogP contribution is -2.20. The first kappa shape index (κ1) is 23.9. The number of benzene rings is 3. The van der Waals surface area contributed by atoms with E-state index in [1.165, 1.54) is 11.6 Å². The van der Waals surface area contributed by atoms with Crippen molar-refractivity contribution < 1.29 is 22.6 Å². The van der Waals surface area contributed by atoms with Crippen LogP contribution in [0.3, 0.4) is 0 Å². The van der Waals surface area contributed by atoms with Crippen molar-refractivity contribution in [1.29, 1.82) is 0 Å². The number of hydrogen-bond donors (Lipinski definition) is 0. The molecule has 2 nitrogen and oxygen atoms in total. The molecule has 2 aliphatic rings. The minimum Gasteiger partial charge on any atom is -0.490 e. The van der Waals surface area contributed by atoms with Gasteiger partial charge >= 0.3 is 0 Å². The Morgan fingerprint density at radius 3 is 2.29 bits per heavy atom. The highest BCUT2D eigenvalue weighted by molar-refractivity contribution is 5.65. The van der Waals surface area contributed by atoms with Crippen LogP contribution in [0, 0.1) is 23.4 Å². The number of aryl methyl sites for hydroxylation is 1. The number of hydrogen-bond acceptors (Lipinski definition) is 2. The third-order valence-corrected chi connectivity index (χ3v) is 7.35. The molecule has 0 bridgehead atoms. The summed E-state index contributed by atoms with van der Waals surface area (Å²) in [7, 11) is 0. The molecule has 2 fully saturated rings. The second kappa shape index (κ2) is 10.4. The zero-order valence-corrected chi connectivity index (χ0v) is 20.0. The van der Waals surface area contributed by atoms with Gasteiger partial charge in [-0.25, -0.2) is 8.78 Å². The molecule has 3 aromatic rings. The maximum absolute atomic E-state index is 14.8. The van der Waals surface area contributed by atoms with E-state index in [1.807, 2.05) is 36.4 Å². The zero-order chi connectivity index (χ0) is 24.4. The molecule has 1 aliphatic heterocycles. The van der Waals surface area contributed by atoms with Crippen LogP contribution in [0.25, 0.3) is 11.1 Å². The summed E-state index contributed by atoms with van der Waals surface area (Å²) in [6.07, 6.45) is 5.59. The fraction of sp³-hybridized carbons (Fsp3) is 0.400. The molecule has 1 saturated heterocycles. The Kier molecular flexibility index (Phi) is 7.14. The van der Waals surface area contributed by atoms with Crippen LogP contribution in [0.5, 0.6) is 5.75 Å². The van der Waals surface area contributed by atoms with E-state index in [0.29, 0.717) is 30.3 Å². The lowest BCUT2D eigenvalue weighted by molar-refractivity contribution is 0.192. The number of halogens is 3. The van der Waals surface area contributed by atoms with Crippen LogP contribution in [0.4, 0.5) is 13.2 Å². The SMILES string of the molecule is CCCc1ccc(-c2ccc(OCC3CCC(c4ccc(C5CO5)c(F)c4)CC3)c(F)c2F)cc1. The predicted molar refractivity (Wildman–Crippen MR) is 131 cm³/mol. The molecular formula is C30H31F3O2. The maximum atomic E-state index is 14.8. The molecule has 3 aromatic carbocycles. The van der Waals surface area contributed by atoms with Crippen LogP contribution in [0.15, 0.2) is 54.6 Å². The molecule has 0 spiro atoms. The van der Waals surface area contributed by atoms with Crippen molar-refractivity contribution in [2.45, 2.75) is 57.5 Å². The Bertz CT molecular complexity index is 1160. The van der Waals surface area contributed by atoms with Crippen molar-refractivity contribution in [3.8, 4) is 16.9 Å². The molecule has 184 valence electrons. The highest BCUT2D eigenvalue weighted by Gasteiger charge is 2.29. The van der Waals surface area contributed by atoms with Gasteiger partial charge in [-0.15, -0.1) is 0 Å². The first-order valence-corrected chi connectivity index (χ1v) is 12.6. The fourth-order valence-corrected chi connectivity index (χ4v) is 5.16. The lowest BCUT2D eigenvalue weighted by atomic mass is 9.79. The van der Waals surface area contributed by atoms with Gasteiger partial charge in [0.05, 0.1) is 13.2 Å². The molecular weight excluding hydrogens is 449 g/mol. The molecule has 1 saturated carbocycles. The molecule has 1 heterocycles. The normalized spacial score (nSPS) is 21.7. The molecule has 1 unspecified atom stereocenters. The van der Waals surface area contributed by atoms with Crippen molar-refractivity contribution in [3.63, 3.8) is 0 Å². The molecule has 1 aliphatic carbocycles. The van der Waals surface area contributed by atoms with E-state index in [2.05, 4.69) is 6.92 Å². The maximum Gasteiger partial charge on any atom is 0.201 e. The molecule has 0 radical (unpaired) electrons. The monoisotopic (exact) mass is 480 g/mol. The van der Waals surface area contributed by atoms with Gasteiger partial charge in [0.25, 0.3) is 0 Å². The molecule has 0 aromatic heterocycles. The van der Waals surface area contributed by atoms with Gasteiger partial charge in [-0.3, -0.25) is 0 Å². The standard InChI is InChI=1S/C30H31F3O2/c1-2-3-19-4-10-22(11-5-19)24-14-15-27(30(33)29(24)32)34-17-20-6-8-21(9-7-20)23-12-13-25(26(31)16-23)28-18-35-28/h4-5,10-16,20-21,28H,2-3,6-9,17-18H2,1H3. The molecule has 35 heavy (non-hydrogen) atoms. The Morgan fingerprint density at radius 1 is 0.886 bits per heavy atom. The first-order chi connectivity index (χ1) is 17.0. The molecule has 5 heteroatoms. The molecule has 0 amide bonds. The highest BCUT2D eigenvalue weighted by atomic mass is 19.2. The average Bonchev–Trinajstić information content (AvgIpc) is 3.71. The van der Waals surface area contributed by atoms with E-state index < -0.39 is 11.6 Å². The molecule has 0 N–H and O–H groups in total. The summed E-state index contributed by atoms with van der Waals surface area (Å²) in [5, 5.41) is 0. The summed E-state index contributed by atoms with van der Waals surface area (Å²) in [5.41, 5.74) is 3.74. The van der Waals surface area contributed by atoms with Crippen LogP contribution in [0.1, 0.15) is 67.7 Å². The van der Waals surface area contributed by atoms with Crippen LogP contribution in [-0.4, -0.2) is 13.2 Å². The van der Waals surface area contributed by atoms with Crippen molar-refractivity contribution in [2.75, 3.05) is 13.2 Å². The van der Waals surface area contributed by atoms with Gasteiger partial charge in [0.15, 0.2) is 11.6 Å². The van der Waals surface area contributed by atoms with Gasteiger partial charge in [0.1, 0.15) is 11.9 Å². The molecule has 1 atom stereocenters. The van der Waals surface area contributed by atoms with Gasteiger partial charge in [0.2, 0.25) is 5.82 Å². The average molecular weight is 481 g/mol. The minimum absolute atomic E-state index is 0.0454. The van der Waals surface area contributed by atoms with E-state index in [9.17, 15) is 13.2 Å². The summed E-state index contributed by atoms with van der Waals surface area (Å²) in [5.74, 6) is -1.47. The quantitative estimate of drug-likeness (QED) is 0.304. The fourth-order valence-electron chi connectivity index (χ4n) is 5.16. The predicted octanol–water partition coefficient (Wildman–Crippen LogP) is 8.15. The van der Waals surface area contributed by atoms with Gasteiger partial charge in [-0.1, -0.05) is 49.7 Å². The topological polar surface area (TPSA) is 21.8 Å². The Hall–Kier alpha value is -2.79. The van der Waals surface area contributed by atoms with Gasteiger partial charge in [0, 0.05) is 11.1 Å². The van der Waals surface area contributed by atoms with Crippen LogP contribution >= 0.6 is 0 Å². The second-order valence-electron chi connectivity index (χ2n) is 9.82. The lowest BCUT2D eigenvalue weighted by Gasteiger charge is -2.29. The van der Waals surface area contributed by atoms with Crippen LogP contribution in [-0.2, 0) is 11.2 Å². The summed E-state index contributed by atoms with van der Waals surface area (Å²) in [6, 6.07) is 16.2. The highest BCUT2D eigenvalue weighted by Crippen LogP contribution is 2.39. The van der Waals surface area contributed by atoms with E-state index in [4.69, 9.17) is 9.47 Å². The number of ether oxygens (including phenoxy) is 2. The third kappa shape index (κ3) is 5.40. The Balaban J connectivity index is 1.16. The van der Waals surface area contributed by atoms with Crippen LogP contribution < -0.4 is 4.74 Å². The summed E-state index contributed by atoms with van der Waals surface area (Å²) >= 11 is 0. The largest absolute Gasteiger partial charge is 0.490 e. The number of epoxide rings is 1. The van der Waals surface area contributed by atoms with E-state index in [0.717, 1.165) is 44.1 Å². The van der Waals surface area contributed by atoms with E-state index in [-0.39, 0.29) is 29.2 Å². The van der Waals surface area contributed by atoms with Crippen LogP contribution in [0.2, 0.25) is 0 Å². The zero-order valence-electron chi connectivity index (χ0n) is 20.0. The second-order valence-corrected chi connectivity index (χ2v) is 9.82. The first-order valence-electron chi connectivity index (χ1n) is 12.6.